The summed E-state index contributed by atoms with van der Waals surface area (Å²) in [6.07, 6.45) is 1.83. The van der Waals surface area contributed by atoms with Crippen LogP contribution in [0.15, 0.2) is 48.7 Å². The summed E-state index contributed by atoms with van der Waals surface area (Å²) in [5.41, 5.74) is 2.58. The summed E-state index contributed by atoms with van der Waals surface area (Å²) < 4.78 is 15.0. The van der Waals surface area contributed by atoms with Crippen molar-refractivity contribution in [2.75, 3.05) is 13.1 Å². The van der Waals surface area contributed by atoms with E-state index in [2.05, 4.69) is 61.6 Å². The molecule has 0 aliphatic rings. The maximum Gasteiger partial charge on any atom is 0.314 e. The summed E-state index contributed by atoms with van der Waals surface area (Å²) in [6, 6.07) is 12.5. The van der Waals surface area contributed by atoms with Crippen LogP contribution in [0.3, 0.4) is 0 Å². The van der Waals surface area contributed by atoms with Crippen molar-refractivity contribution in [3.8, 4) is 5.69 Å². The van der Waals surface area contributed by atoms with E-state index >= 15 is 0 Å². The average Bonchev–Trinajstić information content (AvgIpc) is 3.10. The van der Waals surface area contributed by atoms with Crippen LogP contribution >= 0.6 is 0 Å². The molecule has 0 radical (unpaired) electrons. The van der Waals surface area contributed by atoms with Gasteiger partial charge < -0.3 is 10.6 Å². The Morgan fingerprint density at radius 2 is 1.76 bits per heavy atom. The molecule has 1 aromatic heterocycles. The summed E-state index contributed by atoms with van der Waals surface area (Å²) in [7, 11) is 0. The number of nitrogens with zero attached hydrogens (tertiary/aromatic N) is 2. The zero-order valence-electron chi connectivity index (χ0n) is 17.7. The third kappa shape index (κ3) is 4.11. The molecule has 29 heavy (non-hydrogen) atoms. The molecule has 1 heterocycles. The molecule has 5 nitrogen and oxygen atoms in total. The topological polar surface area (TPSA) is 59.0 Å². The maximum atomic E-state index is 13.2. The Morgan fingerprint density at radius 3 is 2.41 bits per heavy atom. The largest absolute Gasteiger partial charge is 0.338 e. The first kappa shape index (κ1) is 20.8. The molecule has 3 aromatic rings. The van der Waals surface area contributed by atoms with Crippen LogP contribution in [-0.2, 0) is 5.41 Å². The highest BCUT2D eigenvalue weighted by atomic mass is 19.1. The normalized spacial score (nSPS) is 12.2. The quantitative estimate of drug-likeness (QED) is 0.629. The van der Waals surface area contributed by atoms with Gasteiger partial charge in [-0.3, -0.25) is 0 Å². The Morgan fingerprint density at radius 1 is 1.07 bits per heavy atom. The highest BCUT2D eigenvalue weighted by molar-refractivity contribution is 5.81. The minimum atomic E-state index is -0.266. The first-order chi connectivity index (χ1) is 13.7. The average molecular weight is 397 g/mol. The molecular weight excluding hydrogens is 367 g/mol. The number of carbonyl (C=O) groups excluding carboxylic acids is 1. The Balaban J connectivity index is 1.89. The van der Waals surface area contributed by atoms with Crippen LogP contribution in [0, 0.1) is 11.2 Å². The highest BCUT2D eigenvalue weighted by Crippen LogP contribution is 2.41. The zero-order chi connectivity index (χ0) is 21.2. The zero-order valence-corrected chi connectivity index (χ0v) is 17.7. The van der Waals surface area contributed by atoms with Crippen molar-refractivity contribution in [1.82, 2.24) is 20.4 Å². The second-order valence-electron chi connectivity index (χ2n) is 8.53. The van der Waals surface area contributed by atoms with E-state index in [4.69, 9.17) is 0 Å². The van der Waals surface area contributed by atoms with Gasteiger partial charge in [0.15, 0.2) is 0 Å². The van der Waals surface area contributed by atoms with Crippen molar-refractivity contribution >= 4 is 16.9 Å². The molecule has 0 unspecified atom stereocenters. The molecule has 0 aliphatic heterocycles. The number of aromatic nitrogens is 2. The van der Waals surface area contributed by atoms with Crippen LogP contribution in [0.25, 0.3) is 16.6 Å². The second-order valence-corrected chi connectivity index (χ2v) is 8.53. The Hall–Kier alpha value is -2.89. The lowest BCUT2D eigenvalue weighted by Crippen LogP contribution is -2.47. The van der Waals surface area contributed by atoms with Gasteiger partial charge in [0.2, 0.25) is 0 Å². The predicted octanol–water partition coefficient (Wildman–Crippen LogP) is 4.79. The van der Waals surface area contributed by atoms with Gasteiger partial charge in [-0.1, -0.05) is 33.8 Å². The summed E-state index contributed by atoms with van der Waals surface area (Å²) in [6.45, 7) is 11.8. The fourth-order valence-electron chi connectivity index (χ4n) is 3.35. The van der Waals surface area contributed by atoms with Crippen LogP contribution in [0.1, 0.15) is 40.2 Å². The minimum absolute atomic E-state index is 0.146. The fourth-order valence-corrected chi connectivity index (χ4v) is 3.35. The van der Waals surface area contributed by atoms with Crippen LogP contribution in [0.2, 0.25) is 0 Å². The standard InChI is InChI=1S/C23H29FN4O/c1-6-25-21(29)26-15-22(2,3)23(4,5)17-7-12-20-16(13-17)14-27-28(20)19-10-8-18(24)9-11-19/h7-14H,6,15H2,1-5H3,(H2,25,26,29). The van der Waals surface area contributed by atoms with E-state index in [1.807, 2.05) is 17.8 Å². The molecule has 2 N–H and O–H groups in total. The number of halogens is 1. The smallest absolute Gasteiger partial charge is 0.314 e. The fraction of sp³-hybridized carbons (Fsp3) is 0.391. The van der Waals surface area contributed by atoms with E-state index in [9.17, 15) is 9.18 Å². The number of hydrogen-bond acceptors (Lipinski definition) is 2. The third-order valence-electron chi connectivity index (χ3n) is 6.08. The molecule has 0 spiro atoms. The summed E-state index contributed by atoms with van der Waals surface area (Å²) in [4.78, 5) is 11.8. The molecule has 0 atom stereocenters. The molecule has 0 saturated carbocycles. The van der Waals surface area contributed by atoms with Gasteiger partial charge in [-0.05, 0) is 59.7 Å². The monoisotopic (exact) mass is 396 g/mol. The van der Waals surface area contributed by atoms with E-state index in [-0.39, 0.29) is 22.7 Å². The molecule has 0 fully saturated rings. The number of hydrogen-bond donors (Lipinski definition) is 2. The predicted molar refractivity (Wildman–Crippen MR) is 115 cm³/mol. The molecule has 3 rings (SSSR count). The van der Waals surface area contributed by atoms with Crippen LogP contribution in [0.4, 0.5) is 9.18 Å². The van der Waals surface area contributed by atoms with Gasteiger partial charge in [0.1, 0.15) is 5.82 Å². The van der Waals surface area contributed by atoms with Gasteiger partial charge in [-0.2, -0.15) is 5.10 Å². The Bertz CT molecular complexity index is 1010. The summed E-state index contributed by atoms with van der Waals surface area (Å²) >= 11 is 0. The summed E-state index contributed by atoms with van der Waals surface area (Å²) in [5.74, 6) is -0.266. The Labute approximate surface area is 171 Å². The van der Waals surface area contributed by atoms with Gasteiger partial charge in [0, 0.05) is 18.5 Å². The van der Waals surface area contributed by atoms with Gasteiger partial charge in [-0.15, -0.1) is 0 Å². The first-order valence-corrected chi connectivity index (χ1v) is 9.91. The van der Waals surface area contributed by atoms with Crippen molar-refractivity contribution in [1.29, 1.82) is 0 Å². The minimum Gasteiger partial charge on any atom is -0.338 e. The lowest BCUT2D eigenvalue weighted by molar-refractivity contribution is 0.186. The van der Waals surface area contributed by atoms with Gasteiger partial charge >= 0.3 is 6.03 Å². The van der Waals surface area contributed by atoms with E-state index in [1.165, 1.54) is 17.7 Å². The van der Waals surface area contributed by atoms with Gasteiger partial charge in [0.05, 0.1) is 17.4 Å². The molecule has 0 bridgehead atoms. The van der Waals surface area contributed by atoms with E-state index in [0.29, 0.717) is 13.1 Å². The SMILES string of the molecule is CCNC(=O)NCC(C)(C)C(C)(C)c1ccc2c(cnn2-c2ccc(F)cc2)c1. The van der Waals surface area contributed by atoms with Crippen LogP contribution in [0.5, 0.6) is 0 Å². The number of rotatable bonds is 6. The van der Waals surface area contributed by atoms with E-state index < -0.39 is 0 Å². The van der Waals surface area contributed by atoms with Crippen molar-refractivity contribution in [3.63, 3.8) is 0 Å². The number of nitrogens with one attached hydrogen (secondary N) is 2. The lowest BCUT2D eigenvalue weighted by Gasteiger charge is -2.42. The number of amides is 2. The molecule has 2 amide bonds. The summed E-state index contributed by atoms with van der Waals surface area (Å²) in [5, 5.41) is 11.3. The van der Waals surface area contributed by atoms with Crippen molar-refractivity contribution in [2.45, 2.75) is 40.0 Å². The van der Waals surface area contributed by atoms with E-state index in [1.54, 1.807) is 12.1 Å². The molecule has 0 saturated heterocycles. The van der Waals surface area contributed by atoms with Gasteiger partial charge in [-0.25, -0.2) is 13.9 Å². The molecular formula is C23H29FN4O. The Kier molecular flexibility index (Phi) is 5.64. The van der Waals surface area contributed by atoms with Crippen molar-refractivity contribution in [2.24, 2.45) is 5.41 Å². The van der Waals surface area contributed by atoms with Crippen molar-refractivity contribution in [3.05, 3.63) is 60.0 Å². The van der Waals surface area contributed by atoms with Crippen molar-refractivity contribution < 1.29 is 9.18 Å². The highest BCUT2D eigenvalue weighted by Gasteiger charge is 2.38. The number of urea groups is 1. The molecule has 154 valence electrons. The lowest BCUT2D eigenvalue weighted by atomic mass is 9.64. The van der Waals surface area contributed by atoms with Crippen LogP contribution < -0.4 is 10.6 Å². The first-order valence-electron chi connectivity index (χ1n) is 9.91. The second kappa shape index (κ2) is 7.85. The number of carbonyl (C=O) groups is 1. The number of fused-ring (bicyclic) bond motifs is 1. The van der Waals surface area contributed by atoms with Gasteiger partial charge in [0.25, 0.3) is 0 Å². The van der Waals surface area contributed by atoms with E-state index in [0.717, 1.165) is 16.6 Å². The molecule has 6 heteroatoms. The molecule has 2 aromatic carbocycles. The number of benzene rings is 2. The molecule has 0 aliphatic carbocycles. The maximum absolute atomic E-state index is 13.2. The third-order valence-corrected chi connectivity index (χ3v) is 6.08. The van der Waals surface area contributed by atoms with Crippen LogP contribution in [-0.4, -0.2) is 28.9 Å².